The Morgan fingerprint density at radius 3 is 2.73 bits per heavy atom. The van der Waals surface area contributed by atoms with Gasteiger partial charge in [-0.25, -0.2) is 0 Å². The number of carbonyl (C=O) groups excluding carboxylic acids is 1. The van der Waals surface area contributed by atoms with Crippen LogP contribution in [0.4, 0.5) is 16.4 Å². The third kappa shape index (κ3) is 3.56. The van der Waals surface area contributed by atoms with Crippen molar-refractivity contribution in [3.8, 4) is 6.07 Å². The molecule has 0 aliphatic rings. The van der Waals surface area contributed by atoms with Gasteiger partial charge in [-0.2, -0.15) is 5.26 Å². The van der Waals surface area contributed by atoms with E-state index in [4.69, 9.17) is 17.3 Å². The van der Waals surface area contributed by atoms with Crippen LogP contribution in [0, 0.1) is 11.3 Å². The van der Waals surface area contributed by atoms with Gasteiger partial charge in [0.25, 0.3) is 0 Å². The summed E-state index contributed by atoms with van der Waals surface area (Å²) >= 11 is 8.90. The fourth-order valence-electron chi connectivity index (χ4n) is 2.41. The van der Waals surface area contributed by atoms with Crippen molar-refractivity contribution in [3.63, 3.8) is 0 Å². The number of nitrogens with two attached hydrogens (primary N) is 1. The first-order valence-corrected chi connectivity index (χ1v) is 9.99. The number of thioether (sulfide) groups is 1. The number of rotatable bonds is 5. The van der Waals surface area contributed by atoms with E-state index >= 15 is 0 Å². The molecule has 130 valence electrons. The summed E-state index contributed by atoms with van der Waals surface area (Å²) in [7, 11) is 0. The molecule has 3 rings (SSSR count). The Morgan fingerprint density at radius 1 is 1.27 bits per heavy atom. The summed E-state index contributed by atoms with van der Waals surface area (Å²) < 4.78 is 0. The second-order valence-electron chi connectivity index (χ2n) is 5.33. The van der Waals surface area contributed by atoms with E-state index in [1.54, 1.807) is 36.0 Å². The molecule has 0 radical (unpaired) electrons. The van der Waals surface area contributed by atoms with E-state index in [0.29, 0.717) is 20.5 Å². The molecule has 0 atom stereocenters. The maximum atomic E-state index is 12.8. The van der Waals surface area contributed by atoms with Gasteiger partial charge in [-0.3, -0.25) is 4.79 Å². The molecule has 0 unspecified atom stereocenters. The molecular formula is C19H14ClN3OS2. The number of hydrogen-bond donors (Lipinski definition) is 2. The van der Waals surface area contributed by atoms with Crippen LogP contribution in [0.15, 0.2) is 53.4 Å². The minimum Gasteiger partial charge on any atom is -0.396 e. The van der Waals surface area contributed by atoms with Crippen LogP contribution in [-0.2, 0) is 0 Å². The Morgan fingerprint density at radius 2 is 2.04 bits per heavy atom. The first-order chi connectivity index (χ1) is 12.5. The van der Waals surface area contributed by atoms with Crippen molar-refractivity contribution in [2.24, 2.45) is 0 Å². The predicted octanol–water partition coefficient (Wildman–Crippen LogP) is 5.55. The summed E-state index contributed by atoms with van der Waals surface area (Å²) in [5.74, 6) is -0.291. The highest BCUT2D eigenvalue weighted by Gasteiger charge is 2.23. The van der Waals surface area contributed by atoms with Gasteiger partial charge in [-0.15, -0.1) is 23.1 Å². The SMILES string of the molecule is CSc1cccc(Nc2sc(C(=O)c3ccccc3Cl)c(N)c2C#N)c1. The average molecular weight is 400 g/mol. The van der Waals surface area contributed by atoms with Crippen molar-refractivity contribution in [2.45, 2.75) is 4.90 Å². The molecule has 0 aliphatic carbocycles. The fraction of sp³-hybridized carbons (Fsp3) is 0.0526. The number of nitriles is 1. The molecule has 0 bridgehead atoms. The Hall–Kier alpha value is -2.46. The fourth-order valence-corrected chi connectivity index (χ4v) is 4.14. The molecule has 0 saturated heterocycles. The number of halogens is 1. The Balaban J connectivity index is 2.01. The van der Waals surface area contributed by atoms with Crippen molar-refractivity contribution in [1.29, 1.82) is 5.26 Å². The molecule has 0 amide bonds. The van der Waals surface area contributed by atoms with E-state index in [9.17, 15) is 10.1 Å². The van der Waals surface area contributed by atoms with E-state index in [2.05, 4.69) is 11.4 Å². The highest BCUT2D eigenvalue weighted by atomic mass is 35.5. The van der Waals surface area contributed by atoms with Crippen LogP contribution in [0.25, 0.3) is 0 Å². The summed E-state index contributed by atoms with van der Waals surface area (Å²) in [6.07, 6.45) is 1.99. The minimum atomic E-state index is -0.291. The summed E-state index contributed by atoms with van der Waals surface area (Å²) in [6.45, 7) is 0. The monoisotopic (exact) mass is 399 g/mol. The average Bonchev–Trinajstić information content (AvgIpc) is 2.97. The van der Waals surface area contributed by atoms with Crippen molar-refractivity contribution in [1.82, 2.24) is 0 Å². The van der Waals surface area contributed by atoms with Gasteiger partial charge in [-0.05, 0) is 36.6 Å². The molecule has 26 heavy (non-hydrogen) atoms. The molecule has 0 saturated carbocycles. The van der Waals surface area contributed by atoms with Crippen molar-refractivity contribution in [2.75, 3.05) is 17.3 Å². The zero-order valence-electron chi connectivity index (χ0n) is 13.7. The smallest absolute Gasteiger partial charge is 0.206 e. The molecule has 7 heteroatoms. The number of nitrogen functional groups attached to an aromatic ring is 1. The van der Waals surface area contributed by atoms with Gasteiger partial charge in [0.2, 0.25) is 5.78 Å². The highest BCUT2D eigenvalue weighted by molar-refractivity contribution is 7.98. The molecule has 0 spiro atoms. The van der Waals surface area contributed by atoms with Gasteiger partial charge in [0.1, 0.15) is 21.5 Å². The number of nitrogens with one attached hydrogen (secondary N) is 1. The van der Waals surface area contributed by atoms with Gasteiger partial charge in [-0.1, -0.05) is 29.8 Å². The van der Waals surface area contributed by atoms with Gasteiger partial charge in [0.05, 0.1) is 10.7 Å². The summed E-state index contributed by atoms with van der Waals surface area (Å²) in [6, 6.07) is 16.7. The third-order valence-corrected chi connectivity index (χ3v) is 5.88. The van der Waals surface area contributed by atoms with Crippen LogP contribution in [0.3, 0.4) is 0 Å². The zero-order chi connectivity index (χ0) is 18.7. The number of thiophene rings is 1. The normalized spacial score (nSPS) is 10.3. The Bertz CT molecular complexity index is 1020. The lowest BCUT2D eigenvalue weighted by atomic mass is 10.1. The quantitative estimate of drug-likeness (QED) is 0.434. The first-order valence-electron chi connectivity index (χ1n) is 7.57. The molecule has 0 aliphatic heterocycles. The van der Waals surface area contributed by atoms with Crippen LogP contribution in [0.2, 0.25) is 5.02 Å². The standard InChI is InChI=1S/C19H14ClN3OS2/c1-25-12-6-4-5-11(9-12)23-19-14(10-21)16(22)18(26-19)17(24)13-7-2-3-8-15(13)20/h2-9,23H,22H2,1H3. The van der Waals surface area contributed by atoms with Gasteiger partial charge in [0, 0.05) is 16.1 Å². The van der Waals surface area contributed by atoms with Crippen LogP contribution in [-0.4, -0.2) is 12.0 Å². The topological polar surface area (TPSA) is 78.9 Å². The lowest BCUT2D eigenvalue weighted by Crippen LogP contribution is -2.03. The Labute approximate surface area is 164 Å². The van der Waals surface area contributed by atoms with Crippen molar-refractivity contribution < 1.29 is 4.79 Å². The van der Waals surface area contributed by atoms with Crippen molar-refractivity contribution in [3.05, 3.63) is 69.6 Å². The molecule has 2 aromatic carbocycles. The zero-order valence-corrected chi connectivity index (χ0v) is 16.1. The molecular weight excluding hydrogens is 386 g/mol. The summed E-state index contributed by atoms with van der Waals surface area (Å²) in [5.41, 5.74) is 7.72. The number of hydrogen-bond acceptors (Lipinski definition) is 6. The highest BCUT2D eigenvalue weighted by Crippen LogP contribution is 2.39. The molecule has 3 N–H and O–H groups in total. The summed E-state index contributed by atoms with van der Waals surface area (Å²) in [5, 5.41) is 13.6. The molecule has 1 heterocycles. The number of nitrogens with zero attached hydrogens (tertiary/aromatic N) is 1. The minimum absolute atomic E-state index is 0.172. The number of carbonyl (C=O) groups is 1. The predicted molar refractivity (Wildman–Crippen MR) is 110 cm³/mol. The molecule has 3 aromatic rings. The van der Waals surface area contributed by atoms with Crippen LogP contribution in [0.5, 0.6) is 0 Å². The largest absolute Gasteiger partial charge is 0.396 e. The number of benzene rings is 2. The van der Waals surface area contributed by atoms with Crippen molar-refractivity contribution >= 4 is 56.9 Å². The van der Waals surface area contributed by atoms with E-state index in [0.717, 1.165) is 21.9 Å². The lowest BCUT2D eigenvalue weighted by Gasteiger charge is -2.05. The number of ketones is 1. The first kappa shape index (κ1) is 18.3. The van der Waals surface area contributed by atoms with Crippen LogP contribution < -0.4 is 11.1 Å². The molecule has 4 nitrogen and oxygen atoms in total. The molecule has 1 aromatic heterocycles. The lowest BCUT2D eigenvalue weighted by molar-refractivity contribution is 0.104. The maximum Gasteiger partial charge on any atom is 0.206 e. The molecule has 0 fully saturated rings. The van der Waals surface area contributed by atoms with Gasteiger partial charge < -0.3 is 11.1 Å². The van der Waals surface area contributed by atoms with E-state index in [-0.39, 0.29) is 17.0 Å². The van der Waals surface area contributed by atoms with E-state index in [1.807, 2.05) is 30.5 Å². The van der Waals surface area contributed by atoms with Crippen LogP contribution >= 0.6 is 34.7 Å². The Kier molecular flexibility index (Phi) is 5.52. The third-order valence-electron chi connectivity index (χ3n) is 3.71. The van der Waals surface area contributed by atoms with E-state index < -0.39 is 0 Å². The number of anilines is 3. The van der Waals surface area contributed by atoms with E-state index in [1.165, 1.54) is 0 Å². The second-order valence-corrected chi connectivity index (χ2v) is 7.63. The van der Waals surface area contributed by atoms with Gasteiger partial charge >= 0.3 is 0 Å². The maximum absolute atomic E-state index is 12.8. The van der Waals surface area contributed by atoms with Crippen LogP contribution in [0.1, 0.15) is 20.8 Å². The van der Waals surface area contributed by atoms with Gasteiger partial charge in [0.15, 0.2) is 0 Å². The second kappa shape index (κ2) is 7.83. The summed E-state index contributed by atoms with van der Waals surface area (Å²) in [4.78, 5) is 14.2.